The molecule has 0 amide bonds. The highest BCUT2D eigenvalue weighted by atomic mass is 13.8. The van der Waals surface area contributed by atoms with E-state index in [4.69, 9.17) is 0 Å². The average Bonchev–Trinajstić information content (AvgIpc) is 2.05. The van der Waals surface area contributed by atoms with E-state index in [9.17, 15) is 0 Å². The van der Waals surface area contributed by atoms with Gasteiger partial charge in [-0.15, -0.1) is 0 Å². The molecule has 0 aromatic carbocycles. The summed E-state index contributed by atoms with van der Waals surface area (Å²) in [6, 6.07) is 0. The Kier molecular flexibility index (Phi) is 5.02. The summed E-state index contributed by atoms with van der Waals surface area (Å²) in [6.45, 7) is 0. The van der Waals surface area contributed by atoms with Crippen molar-refractivity contribution >= 4 is 0 Å². The van der Waals surface area contributed by atoms with Crippen molar-refractivity contribution in [3.8, 4) is 0 Å². The van der Waals surface area contributed by atoms with Gasteiger partial charge in [-0.25, -0.2) is 0 Å². The second-order valence-corrected chi connectivity index (χ2v) is 2.75. The third-order valence-corrected chi connectivity index (χ3v) is 1.68. The zero-order valence-corrected chi connectivity index (χ0v) is 7.37. The summed E-state index contributed by atoms with van der Waals surface area (Å²) in [5.41, 5.74) is 0. The van der Waals surface area contributed by atoms with Gasteiger partial charge >= 0.3 is 0 Å². The highest BCUT2D eigenvalue weighted by molar-refractivity contribution is 5.06. The molecule has 63 valence electrons. The molecule has 0 aromatic rings. The van der Waals surface area contributed by atoms with Crippen molar-refractivity contribution in [1.29, 1.82) is 0 Å². The van der Waals surface area contributed by atoms with Crippen LogP contribution < -0.4 is 0 Å². The standard InChI is InChI=1S/C12H15/c1-2-4-6-8-10-12-11-9-7-5-3-1/h1-4,7-9H,5-6,11-12H2. The molecule has 0 spiro atoms. The first-order valence-corrected chi connectivity index (χ1v) is 4.52. The maximum absolute atomic E-state index is 3.25. The Hall–Kier alpha value is -1.04. The Labute approximate surface area is 75.0 Å². The Balaban J connectivity index is 2.41. The van der Waals surface area contributed by atoms with Gasteiger partial charge in [0.1, 0.15) is 0 Å². The lowest BCUT2D eigenvalue weighted by molar-refractivity contribution is 1.01. The van der Waals surface area contributed by atoms with Gasteiger partial charge in [0, 0.05) is 0 Å². The first-order valence-electron chi connectivity index (χ1n) is 4.52. The van der Waals surface area contributed by atoms with Crippen LogP contribution in [0, 0.1) is 6.08 Å². The van der Waals surface area contributed by atoms with Crippen LogP contribution in [0.5, 0.6) is 0 Å². The molecule has 0 bridgehead atoms. The molecule has 0 saturated heterocycles. The van der Waals surface area contributed by atoms with Crippen molar-refractivity contribution in [2.75, 3.05) is 0 Å². The van der Waals surface area contributed by atoms with Crippen LogP contribution in [0.3, 0.4) is 0 Å². The lowest BCUT2D eigenvalue weighted by Gasteiger charge is -1.87. The first-order chi connectivity index (χ1) is 6.00. The quantitative estimate of drug-likeness (QED) is 0.474. The van der Waals surface area contributed by atoms with E-state index in [0.717, 1.165) is 25.7 Å². The monoisotopic (exact) mass is 159 g/mol. The fraction of sp³-hybridized carbons (Fsp3) is 0.333. The van der Waals surface area contributed by atoms with Crippen molar-refractivity contribution in [2.24, 2.45) is 0 Å². The van der Waals surface area contributed by atoms with E-state index in [0.29, 0.717) is 0 Å². The highest BCUT2D eigenvalue weighted by Crippen LogP contribution is 1.97. The lowest BCUT2D eigenvalue weighted by Crippen LogP contribution is -1.68. The zero-order chi connectivity index (χ0) is 8.49. The molecule has 1 aliphatic rings. The summed E-state index contributed by atoms with van der Waals surface area (Å²) in [6.07, 6.45) is 22.5. The van der Waals surface area contributed by atoms with Gasteiger partial charge in [-0.3, -0.25) is 0 Å². The highest BCUT2D eigenvalue weighted by Gasteiger charge is 1.78. The Morgan fingerprint density at radius 1 is 0.833 bits per heavy atom. The largest absolute Gasteiger partial charge is 0.0879 e. The minimum atomic E-state index is 1.01. The van der Waals surface area contributed by atoms with Crippen molar-refractivity contribution in [3.63, 3.8) is 0 Å². The Morgan fingerprint density at radius 2 is 1.67 bits per heavy atom. The summed E-state index contributed by atoms with van der Waals surface area (Å²) in [5.74, 6) is 0. The molecule has 0 nitrogen and oxygen atoms in total. The summed E-state index contributed by atoms with van der Waals surface area (Å²) >= 11 is 0. The topological polar surface area (TPSA) is 0 Å². The molecule has 1 aliphatic carbocycles. The molecular formula is C12H15. The third-order valence-electron chi connectivity index (χ3n) is 1.68. The first kappa shape index (κ1) is 9.05. The molecule has 12 heavy (non-hydrogen) atoms. The molecule has 0 atom stereocenters. The summed E-state index contributed by atoms with van der Waals surface area (Å²) in [5, 5.41) is 0. The van der Waals surface area contributed by atoms with E-state index >= 15 is 0 Å². The van der Waals surface area contributed by atoms with Crippen LogP contribution in [-0.4, -0.2) is 0 Å². The molecule has 0 fully saturated rings. The summed E-state index contributed by atoms with van der Waals surface area (Å²) < 4.78 is 0. The van der Waals surface area contributed by atoms with Crippen LogP contribution in [0.2, 0.25) is 0 Å². The molecule has 0 N–H and O–H groups in total. The van der Waals surface area contributed by atoms with Gasteiger partial charge in [0.2, 0.25) is 0 Å². The van der Waals surface area contributed by atoms with Gasteiger partial charge in [0.25, 0.3) is 0 Å². The lowest BCUT2D eigenvalue weighted by atomic mass is 10.2. The molecule has 0 saturated carbocycles. The number of allylic oxidation sites excluding steroid dienone is 8. The molecule has 1 radical (unpaired) electrons. The van der Waals surface area contributed by atoms with Gasteiger partial charge in [-0.05, 0) is 31.8 Å². The van der Waals surface area contributed by atoms with Crippen LogP contribution in [-0.2, 0) is 0 Å². The Morgan fingerprint density at radius 3 is 2.58 bits per heavy atom. The predicted molar refractivity (Wildman–Crippen MR) is 53.7 cm³/mol. The molecule has 0 heteroatoms. The molecular weight excluding hydrogens is 144 g/mol. The molecule has 0 aliphatic heterocycles. The van der Waals surface area contributed by atoms with Crippen LogP contribution in [0.15, 0.2) is 42.5 Å². The van der Waals surface area contributed by atoms with Crippen molar-refractivity contribution in [1.82, 2.24) is 0 Å². The van der Waals surface area contributed by atoms with Crippen LogP contribution in [0.25, 0.3) is 0 Å². The van der Waals surface area contributed by atoms with Crippen molar-refractivity contribution < 1.29 is 0 Å². The van der Waals surface area contributed by atoms with Gasteiger partial charge in [-0.2, -0.15) is 0 Å². The fourth-order valence-corrected chi connectivity index (χ4v) is 1.03. The number of hydrogen-bond acceptors (Lipinski definition) is 0. The van der Waals surface area contributed by atoms with E-state index in [1.54, 1.807) is 0 Å². The minimum Gasteiger partial charge on any atom is -0.0879 e. The molecule has 0 aromatic heterocycles. The zero-order valence-electron chi connectivity index (χ0n) is 7.37. The normalized spacial score (nSPS) is 18.7. The van der Waals surface area contributed by atoms with Crippen LogP contribution in [0.4, 0.5) is 0 Å². The average molecular weight is 159 g/mol. The maximum atomic E-state index is 3.25. The smallest absolute Gasteiger partial charge is 0.0160 e. The van der Waals surface area contributed by atoms with Gasteiger partial charge < -0.3 is 0 Å². The van der Waals surface area contributed by atoms with Crippen molar-refractivity contribution in [3.05, 3.63) is 48.6 Å². The third kappa shape index (κ3) is 4.73. The molecule has 1 rings (SSSR count). The fourth-order valence-electron chi connectivity index (χ4n) is 1.03. The number of rotatable bonds is 0. The van der Waals surface area contributed by atoms with Crippen LogP contribution >= 0.6 is 0 Å². The minimum absolute atomic E-state index is 1.01. The van der Waals surface area contributed by atoms with E-state index in [-0.39, 0.29) is 0 Å². The van der Waals surface area contributed by atoms with Gasteiger partial charge in [0.15, 0.2) is 0 Å². The summed E-state index contributed by atoms with van der Waals surface area (Å²) in [7, 11) is 0. The van der Waals surface area contributed by atoms with E-state index < -0.39 is 0 Å². The van der Waals surface area contributed by atoms with E-state index in [2.05, 4.69) is 48.6 Å². The van der Waals surface area contributed by atoms with E-state index in [1.165, 1.54) is 0 Å². The second-order valence-electron chi connectivity index (χ2n) is 2.75. The van der Waals surface area contributed by atoms with Crippen molar-refractivity contribution in [2.45, 2.75) is 25.7 Å². The van der Waals surface area contributed by atoms with Gasteiger partial charge in [-0.1, -0.05) is 42.5 Å². The maximum Gasteiger partial charge on any atom is -0.0160 e. The molecule has 0 unspecified atom stereocenters. The SMILES string of the molecule is [C]1=CCC=CC=CCC=CCC1. The number of hydrogen-bond donors (Lipinski definition) is 0. The van der Waals surface area contributed by atoms with Crippen LogP contribution in [0.1, 0.15) is 25.7 Å². The second kappa shape index (κ2) is 6.66. The van der Waals surface area contributed by atoms with E-state index in [1.807, 2.05) is 0 Å². The van der Waals surface area contributed by atoms with Gasteiger partial charge in [0.05, 0.1) is 0 Å². The summed E-state index contributed by atoms with van der Waals surface area (Å²) in [4.78, 5) is 0. The predicted octanol–water partition coefficient (Wildman–Crippen LogP) is 3.59. The Bertz CT molecular complexity index is 180. The molecule has 0 heterocycles.